The van der Waals surface area contributed by atoms with E-state index >= 15 is 0 Å². The molecule has 6 heteroatoms. The van der Waals surface area contributed by atoms with E-state index in [2.05, 4.69) is 5.92 Å². The number of pyridine rings is 1. The van der Waals surface area contributed by atoms with Gasteiger partial charge in [-0.1, -0.05) is 0 Å². The number of nitriles is 1. The second kappa shape index (κ2) is 3.87. The van der Waals surface area contributed by atoms with E-state index in [1.54, 1.807) is 0 Å². The quantitative estimate of drug-likeness (QED) is 0.206. The minimum atomic E-state index is -0.665. The van der Waals surface area contributed by atoms with Crippen molar-refractivity contribution < 1.29 is 9.65 Å². The summed E-state index contributed by atoms with van der Waals surface area (Å²) < 4.78 is 0.383. The molecule has 0 aliphatic rings. The van der Waals surface area contributed by atoms with Crippen LogP contribution in [0.2, 0.25) is 0 Å². The minimum Gasteiger partial charge on any atom is -0.619 e. The van der Waals surface area contributed by atoms with Crippen LogP contribution < -0.4 is 4.73 Å². The van der Waals surface area contributed by atoms with Crippen LogP contribution in [0.5, 0.6) is 0 Å². The van der Waals surface area contributed by atoms with Crippen LogP contribution in [0.15, 0.2) is 18.5 Å². The fourth-order valence-corrected chi connectivity index (χ4v) is 0.821. The Balaban J connectivity index is 3.31. The molecule has 0 radical (unpaired) electrons. The van der Waals surface area contributed by atoms with Gasteiger partial charge >= 0.3 is 0 Å². The van der Waals surface area contributed by atoms with Crippen LogP contribution in [-0.4, -0.2) is 4.92 Å². The zero-order chi connectivity index (χ0) is 10.6. The number of rotatable bonds is 1. The summed E-state index contributed by atoms with van der Waals surface area (Å²) >= 11 is 0. The summed E-state index contributed by atoms with van der Waals surface area (Å²) in [7, 11) is 0. The average Bonchev–Trinajstić information content (AvgIpc) is 2.14. The molecule has 68 valence electrons. The molecule has 0 saturated heterocycles. The third-order valence-electron chi connectivity index (χ3n) is 1.36. The topological polar surface area (TPSA) is 93.9 Å². The standard InChI is InChI=1S/C8H3N3O3/c9-4-1-2-7-6-10(12)5-3-8(7)11(13)14/h3,5-6H. The van der Waals surface area contributed by atoms with Gasteiger partial charge in [-0.2, -0.15) is 9.99 Å². The molecule has 0 aromatic carbocycles. The van der Waals surface area contributed by atoms with Crippen molar-refractivity contribution in [2.24, 2.45) is 0 Å². The van der Waals surface area contributed by atoms with E-state index < -0.39 is 4.92 Å². The van der Waals surface area contributed by atoms with Gasteiger partial charge in [-0.3, -0.25) is 10.1 Å². The van der Waals surface area contributed by atoms with Crippen molar-refractivity contribution in [3.8, 4) is 17.9 Å². The van der Waals surface area contributed by atoms with Crippen LogP contribution >= 0.6 is 0 Å². The zero-order valence-corrected chi connectivity index (χ0v) is 6.80. The van der Waals surface area contributed by atoms with E-state index in [-0.39, 0.29) is 11.3 Å². The van der Waals surface area contributed by atoms with Crippen molar-refractivity contribution in [2.75, 3.05) is 0 Å². The number of nitrogens with zero attached hydrogens (tertiary/aromatic N) is 3. The SMILES string of the molecule is N#CC#Cc1c[n+]([O-])ccc1[N+](=O)[O-]. The zero-order valence-electron chi connectivity index (χ0n) is 6.80. The van der Waals surface area contributed by atoms with E-state index in [9.17, 15) is 15.3 Å². The molecule has 1 heterocycles. The molecule has 0 amide bonds. The van der Waals surface area contributed by atoms with Crippen molar-refractivity contribution in [1.82, 2.24) is 0 Å². The summed E-state index contributed by atoms with van der Waals surface area (Å²) in [6, 6.07) is 2.54. The molecule has 0 aliphatic carbocycles. The van der Waals surface area contributed by atoms with Gasteiger partial charge in [0, 0.05) is 5.92 Å². The van der Waals surface area contributed by atoms with Crippen molar-refractivity contribution in [2.45, 2.75) is 0 Å². The first-order valence-corrected chi connectivity index (χ1v) is 3.42. The van der Waals surface area contributed by atoms with Gasteiger partial charge in [0.2, 0.25) is 6.20 Å². The molecule has 0 spiro atoms. The highest BCUT2D eigenvalue weighted by Gasteiger charge is 2.14. The lowest BCUT2D eigenvalue weighted by molar-refractivity contribution is -0.606. The first-order chi connectivity index (χ1) is 6.65. The van der Waals surface area contributed by atoms with Crippen LogP contribution in [0.4, 0.5) is 5.69 Å². The Kier molecular flexibility index (Phi) is 2.63. The molecule has 0 saturated carbocycles. The van der Waals surface area contributed by atoms with Crippen LogP contribution in [0.25, 0.3) is 0 Å². The molecule has 1 rings (SSSR count). The molecule has 0 fully saturated rings. The maximum Gasteiger partial charge on any atom is 0.297 e. The second-order valence-electron chi connectivity index (χ2n) is 2.22. The summed E-state index contributed by atoms with van der Waals surface area (Å²) in [5.74, 6) is 4.20. The molecule has 1 aromatic rings. The third-order valence-corrected chi connectivity index (χ3v) is 1.36. The maximum absolute atomic E-state index is 10.8. The van der Waals surface area contributed by atoms with Crippen LogP contribution in [-0.2, 0) is 0 Å². The number of aromatic nitrogens is 1. The highest BCUT2D eigenvalue weighted by molar-refractivity contribution is 5.49. The Bertz CT molecular complexity index is 479. The summed E-state index contributed by atoms with van der Waals surface area (Å²) in [6.07, 6.45) is 1.94. The van der Waals surface area contributed by atoms with Gasteiger partial charge in [-0.25, -0.2) is 0 Å². The lowest BCUT2D eigenvalue weighted by Crippen LogP contribution is -2.25. The highest BCUT2D eigenvalue weighted by atomic mass is 16.6. The second-order valence-corrected chi connectivity index (χ2v) is 2.22. The molecule has 0 aliphatic heterocycles. The van der Waals surface area contributed by atoms with E-state index in [0.717, 1.165) is 18.5 Å². The normalized spacial score (nSPS) is 8.21. The van der Waals surface area contributed by atoms with Crippen molar-refractivity contribution in [1.29, 1.82) is 5.26 Å². The van der Waals surface area contributed by atoms with Gasteiger partial charge in [0.1, 0.15) is 0 Å². The van der Waals surface area contributed by atoms with Crippen LogP contribution in [0, 0.1) is 38.5 Å². The number of hydrogen-bond donors (Lipinski definition) is 0. The van der Waals surface area contributed by atoms with E-state index in [1.165, 1.54) is 6.07 Å². The van der Waals surface area contributed by atoms with Crippen LogP contribution in [0.3, 0.4) is 0 Å². The summed E-state index contributed by atoms with van der Waals surface area (Å²) in [5.41, 5.74) is -0.367. The fourth-order valence-electron chi connectivity index (χ4n) is 0.821. The molecule has 0 atom stereocenters. The number of hydrogen-bond acceptors (Lipinski definition) is 4. The Morgan fingerprint density at radius 2 is 2.29 bits per heavy atom. The predicted molar refractivity (Wildman–Crippen MR) is 44.5 cm³/mol. The summed E-state index contributed by atoms with van der Waals surface area (Å²) in [5, 5.41) is 29.4. The highest BCUT2D eigenvalue weighted by Crippen LogP contribution is 2.13. The lowest BCUT2D eigenvalue weighted by atomic mass is 10.2. The third kappa shape index (κ3) is 1.96. The van der Waals surface area contributed by atoms with Gasteiger partial charge in [0.25, 0.3) is 5.69 Å². The Hall–Kier alpha value is -2.60. The van der Waals surface area contributed by atoms with Crippen LogP contribution in [0.1, 0.15) is 5.56 Å². The first kappa shape index (κ1) is 9.49. The Labute approximate surface area is 78.7 Å². The molecule has 0 N–H and O–H groups in total. The Morgan fingerprint density at radius 1 is 1.57 bits per heavy atom. The lowest BCUT2D eigenvalue weighted by Gasteiger charge is -1.96. The molecule has 0 bridgehead atoms. The van der Waals surface area contributed by atoms with Gasteiger partial charge in [0.05, 0.1) is 11.0 Å². The molecule has 14 heavy (non-hydrogen) atoms. The van der Waals surface area contributed by atoms with Crippen molar-refractivity contribution in [3.63, 3.8) is 0 Å². The van der Waals surface area contributed by atoms with E-state index in [0.29, 0.717) is 4.73 Å². The van der Waals surface area contributed by atoms with Gasteiger partial charge in [-0.05, 0) is 5.92 Å². The van der Waals surface area contributed by atoms with Gasteiger partial charge in [-0.15, -0.1) is 0 Å². The minimum absolute atomic E-state index is 0.0750. The van der Waals surface area contributed by atoms with Crippen molar-refractivity contribution in [3.05, 3.63) is 39.3 Å². The maximum atomic E-state index is 10.8. The van der Waals surface area contributed by atoms with E-state index in [1.807, 2.05) is 5.92 Å². The summed E-state index contributed by atoms with van der Waals surface area (Å²) in [4.78, 5) is 9.77. The molecule has 6 nitrogen and oxygen atoms in total. The van der Waals surface area contributed by atoms with Crippen molar-refractivity contribution >= 4 is 5.69 Å². The number of nitro groups is 1. The Morgan fingerprint density at radius 3 is 2.86 bits per heavy atom. The molecule has 0 unspecified atom stereocenters. The molecular formula is C8H3N3O3. The average molecular weight is 189 g/mol. The van der Waals surface area contributed by atoms with E-state index in [4.69, 9.17) is 5.26 Å². The fraction of sp³-hybridized carbons (Fsp3) is 0. The smallest absolute Gasteiger partial charge is 0.297 e. The van der Waals surface area contributed by atoms with Gasteiger partial charge < -0.3 is 5.21 Å². The van der Waals surface area contributed by atoms with Gasteiger partial charge in [0.15, 0.2) is 17.8 Å². The predicted octanol–water partition coefficient (Wildman–Crippen LogP) is 0.103. The first-order valence-electron chi connectivity index (χ1n) is 3.42. The molecule has 1 aromatic heterocycles. The largest absolute Gasteiger partial charge is 0.619 e. The molecular weight excluding hydrogens is 186 g/mol. The summed E-state index contributed by atoms with van der Waals surface area (Å²) in [6.45, 7) is 0. The monoisotopic (exact) mass is 189 g/mol.